The molecule has 296 valence electrons. The molecule has 2 saturated heterocycles. The summed E-state index contributed by atoms with van der Waals surface area (Å²) in [4.78, 5) is 73.2. The molecular formula is C42H62N6O6. The first kappa shape index (κ1) is 42.6. The van der Waals surface area contributed by atoms with Crippen molar-refractivity contribution in [1.29, 1.82) is 0 Å². The number of Topliss-reactive ketones (excluding diaryl/α,β-unsaturated/α-hetero) is 1. The quantitative estimate of drug-likeness (QED) is 0.143. The Hall–Kier alpha value is -4.13. The molecule has 2 aromatic carbocycles. The van der Waals surface area contributed by atoms with Crippen LogP contribution in [0.15, 0.2) is 60.7 Å². The number of ether oxygens (including phenoxy) is 1. The Morgan fingerprint density at radius 2 is 1.19 bits per heavy atom. The van der Waals surface area contributed by atoms with Crippen molar-refractivity contribution >= 4 is 29.4 Å². The first-order valence-electron chi connectivity index (χ1n) is 19.6. The van der Waals surface area contributed by atoms with E-state index in [1.54, 1.807) is 6.92 Å². The maximum absolute atomic E-state index is 14.1. The largest absolute Gasteiger partial charge is 0.361 e. The Balaban J connectivity index is 1.49. The molecule has 0 aromatic heterocycles. The van der Waals surface area contributed by atoms with Gasteiger partial charge in [-0.3, -0.25) is 24.0 Å². The summed E-state index contributed by atoms with van der Waals surface area (Å²) < 4.78 is 5.42. The number of amides is 4. The smallest absolute Gasteiger partial charge is 0.243 e. The number of benzene rings is 2. The Labute approximate surface area is 321 Å². The third kappa shape index (κ3) is 13.9. The summed E-state index contributed by atoms with van der Waals surface area (Å²) in [6.45, 7) is 14.2. The maximum Gasteiger partial charge on any atom is 0.243 e. The average molecular weight is 747 g/mol. The molecule has 54 heavy (non-hydrogen) atoms. The third-order valence-electron chi connectivity index (χ3n) is 10.2. The Morgan fingerprint density at radius 3 is 1.76 bits per heavy atom. The van der Waals surface area contributed by atoms with Gasteiger partial charge in [-0.15, -0.1) is 0 Å². The number of ketones is 1. The number of carbonyl (C=O) groups excluding carboxylic acids is 5. The molecule has 0 spiro atoms. The van der Waals surface area contributed by atoms with Gasteiger partial charge in [-0.05, 0) is 62.6 Å². The van der Waals surface area contributed by atoms with Crippen LogP contribution in [0.2, 0.25) is 0 Å². The van der Waals surface area contributed by atoms with Gasteiger partial charge in [-0.25, -0.2) is 0 Å². The molecule has 2 aliphatic rings. The van der Waals surface area contributed by atoms with Crippen LogP contribution >= 0.6 is 0 Å². The first-order valence-corrected chi connectivity index (χ1v) is 19.6. The van der Waals surface area contributed by atoms with Gasteiger partial charge >= 0.3 is 0 Å². The SMILES string of the molecule is CC(C)C[C@H](NC(=O)[C@H](CCc1ccccc1)NC(=O)CCN1CCN(C)CC1)C(=O)N[C@@H](Cc1ccccc1)C(=O)N[C@@H](CC(C)C)C(=O)[C@@]1(C)CO1. The van der Waals surface area contributed by atoms with E-state index in [2.05, 4.69) is 38.1 Å². The van der Waals surface area contributed by atoms with Gasteiger partial charge in [0.1, 0.15) is 23.7 Å². The van der Waals surface area contributed by atoms with Crippen molar-refractivity contribution in [2.45, 2.75) is 103 Å². The Morgan fingerprint density at radius 1 is 0.685 bits per heavy atom. The lowest BCUT2D eigenvalue weighted by atomic mass is 9.93. The molecule has 0 radical (unpaired) electrons. The molecule has 2 aromatic rings. The lowest BCUT2D eigenvalue weighted by molar-refractivity contribution is -0.135. The van der Waals surface area contributed by atoms with Crippen LogP contribution in [0.5, 0.6) is 0 Å². The minimum absolute atomic E-state index is 0.0238. The minimum Gasteiger partial charge on any atom is -0.361 e. The van der Waals surface area contributed by atoms with Crippen LogP contribution in [-0.4, -0.2) is 115 Å². The average Bonchev–Trinajstić information content (AvgIpc) is 3.90. The lowest BCUT2D eigenvalue weighted by Crippen LogP contribution is -2.59. The Bertz CT molecular complexity index is 1520. The Kier molecular flexibility index (Phi) is 16.2. The number of rotatable bonds is 21. The number of likely N-dealkylation sites (N-methyl/N-ethyl adjacent to an activating group) is 1. The van der Waals surface area contributed by atoms with E-state index in [1.165, 1.54) is 0 Å². The van der Waals surface area contributed by atoms with E-state index >= 15 is 0 Å². The predicted molar refractivity (Wildman–Crippen MR) is 209 cm³/mol. The molecule has 2 fully saturated rings. The van der Waals surface area contributed by atoms with E-state index in [1.807, 2.05) is 88.4 Å². The summed E-state index contributed by atoms with van der Waals surface area (Å²) in [6, 6.07) is 15.5. The van der Waals surface area contributed by atoms with E-state index < -0.39 is 47.5 Å². The highest BCUT2D eigenvalue weighted by molar-refractivity contribution is 5.98. The first-order chi connectivity index (χ1) is 25.7. The highest BCUT2D eigenvalue weighted by Gasteiger charge is 2.50. The normalized spacial score (nSPS) is 19.7. The van der Waals surface area contributed by atoms with Gasteiger partial charge in [-0.1, -0.05) is 88.4 Å². The van der Waals surface area contributed by atoms with E-state index in [-0.39, 0.29) is 36.4 Å². The highest BCUT2D eigenvalue weighted by atomic mass is 16.6. The van der Waals surface area contributed by atoms with E-state index in [0.29, 0.717) is 38.8 Å². The number of aryl methyl sites for hydroxylation is 1. The summed E-state index contributed by atoms with van der Waals surface area (Å²) in [5.74, 6) is -1.72. The molecule has 0 saturated carbocycles. The fourth-order valence-corrected chi connectivity index (χ4v) is 6.72. The van der Waals surface area contributed by atoms with Gasteiger partial charge < -0.3 is 35.8 Å². The number of hydrogen-bond acceptors (Lipinski definition) is 8. The summed E-state index contributed by atoms with van der Waals surface area (Å²) in [5.41, 5.74) is 0.936. The molecule has 12 nitrogen and oxygen atoms in total. The molecular weight excluding hydrogens is 684 g/mol. The molecule has 12 heteroatoms. The topological polar surface area (TPSA) is 152 Å². The van der Waals surface area contributed by atoms with Crippen LogP contribution in [0.1, 0.15) is 71.4 Å². The van der Waals surface area contributed by atoms with E-state index in [4.69, 9.17) is 4.74 Å². The standard InChI is InChI=1S/C42H62N6O6/c1-29(2)25-34(38(50)42(5)28-54-42)44-41(53)36(27-32-15-11-8-12-16-32)46-40(52)35(26-30(3)4)45-39(51)33(18-17-31-13-9-7-10-14-31)43-37(49)19-20-48-23-21-47(6)22-24-48/h7-16,29-30,33-36H,17-28H2,1-6H3,(H,43,49)(H,44,53)(H,45,51)(H,46,52)/t33-,34-,35-,36-,42+/m0/s1. The molecule has 4 N–H and O–H groups in total. The zero-order valence-electron chi connectivity index (χ0n) is 33.1. The highest BCUT2D eigenvalue weighted by Crippen LogP contribution is 2.29. The fourth-order valence-electron chi connectivity index (χ4n) is 6.72. The third-order valence-corrected chi connectivity index (χ3v) is 10.2. The molecule has 2 aliphatic heterocycles. The minimum atomic E-state index is -1.02. The summed E-state index contributed by atoms with van der Waals surface area (Å²) in [6.07, 6.45) is 2.07. The van der Waals surface area contributed by atoms with Gasteiger partial charge in [-0.2, -0.15) is 0 Å². The summed E-state index contributed by atoms with van der Waals surface area (Å²) in [5, 5.41) is 11.7. The number of carbonyl (C=O) groups is 5. The summed E-state index contributed by atoms with van der Waals surface area (Å²) >= 11 is 0. The molecule has 4 amide bonds. The van der Waals surface area contributed by atoms with Crippen molar-refractivity contribution in [2.75, 3.05) is 46.4 Å². The molecule has 0 bridgehead atoms. The number of hydrogen-bond donors (Lipinski definition) is 4. The number of nitrogens with one attached hydrogen (secondary N) is 4. The van der Waals surface area contributed by atoms with Crippen LogP contribution in [0.25, 0.3) is 0 Å². The van der Waals surface area contributed by atoms with Crippen LogP contribution in [0.4, 0.5) is 0 Å². The van der Waals surface area contributed by atoms with Crippen LogP contribution < -0.4 is 21.3 Å². The molecule has 5 atom stereocenters. The van der Waals surface area contributed by atoms with Crippen molar-refractivity contribution in [2.24, 2.45) is 11.8 Å². The van der Waals surface area contributed by atoms with Gasteiger partial charge in [0.25, 0.3) is 0 Å². The van der Waals surface area contributed by atoms with Gasteiger partial charge in [0.15, 0.2) is 5.78 Å². The lowest BCUT2D eigenvalue weighted by Gasteiger charge is -2.32. The molecule has 0 unspecified atom stereocenters. The second kappa shape index (κ2) is 20.5. The van der Waals surface area contributed by atoms with Crippen molar-refractivity contribution in [3.8, 4) is 0 Å². The van der Waals surface area contributed by atoms with Crippen molar-refractivity contribution < 1.29 is 28.7 Å². The fraction of sp³-hybridized carbons (Fsp3) is 0.595. The van der Waals surface area contributed by atoms with Crippen LogP contribution in [-0.2, 0) is 41.6 Å². The van der Waals surface area contributed by atoms with Crippen molar-refractivity contribution in [3.05, 3.63) is 71.8 Å². The molecule has 0 aliphatic carbocycles. The van der Waals surface area contributed by atoms with Crippen molar-refractivity contribution in [3.63, 3.8) is 0 Å². The second-order valence-corrected chi connectivity index (χ2v) is 16.1. The van der Waals surface area contributed by atoms with E-state index in [9.17, 15) is 24.0 Å². The van der Waals surface area contributed by atoms with Gasteiger partial charge in [0.2, 0.25) is 23.6 Å². The monoisotopic (exact) mass is 746 g/mol. The van der Waals surface area contributed by atoms with Gasteiger partial charge in [0, 0.05) is 45.6 Å². The van der Waals surface area contributed by atoms with Crippen molar-refractivity contribution in [1.82, 2.24) is 31.1 Å². The van der Waals surface area contributed by atoms with Crippen LogP contribution in [0.3, 0.4) is 0 Å². The maximum atomic E-state index is 14.1. The number of epoxide rings is 1. The predicted octanol–water partition coefficient (Wildman–Crippen LogP) is 2.89. The molecule has 4 rings (SSSR count). The zero-order chi connectivity index (χ0) is 39.3. The zero-order valence-corrected chi connectivity index (χ0v) is 33.1. The summed E-state index contributed by atoms with van der Waals surface area (Å²) in [7, 11) is 2.09. The van der Waals surface area contributed by atoms with Crippen LogP contribution in [0, 0.1) is 11.8 Å². The number of nitrogens with zero attached hydrogens (tertiary/aromatic N) is 2. The van der Waals surface area contributed by atoms with Gasteiger partial charge in [0.05, 0.1) is 12.6 Å². The molecule has 2 heterocycles. The second-order valence-electron chi connectivity index (χ2n) is 16.1. The number of piperazine rings is 1. The van der Waals surface area contributed by atoms with E-state index in [0.717, 1.165) is 37.3 Å².